The van der Waals surface area contributed by atoms with Gasteiger partial charge in [-0.2, -0.15) is 0 Å². The number of rotatable bonds is 5. The first kappa shape index (κ1) is 22.1. The zero-order valence-electron chi connectivity index (χ0n) is 20.2. The van der Waals surface area contributed by atoms with Crippen LogP contribution in [0.3, 0.4) is 0 Å². The summed E-state index contributed by atoms with van der Waals surface area (Å²) < 4.78 is 6.10. The minimum Gasteiger partial charge on any atom is -0.508 e. The van der Waals surface area contributed by atoms with Crippen LogP contribution in [0.25, 0.3) is 11.6 Å². The summed E-state index contributed by atoms with van der Waals surface area (Å²) in [6, 6.07) is 19.8. The second-order valence-electron chi connectivity index (χ2n) is 10.2. The van der Waals surface area contributed by atoms with Crippen LogP contribution in [-0.2, 0) is 11.8 Å². The topological polar surface area (TPSA) is 49.8 Å². The highest BCUT2D eigenvalue weighted by atomic mass is 16.5. The van der Waals surface area contributed by atoms with Gasteiger partial charge in [0.2, 0.25) is 0 Å². The van der Waals surface area contributed by atoms with Crippen molar-refractivity contribution in [2.45, 2.75) is 38.0 Å². The van der Waals surface area contributed by atoms with Crippen LogP contribution in [0.1, 0.15) is 57.4 Å². The van der Waals surface area contributed by atoms with Crippen molar-refractivity contribution < 1.29 is 14.6 Å². The molecule has 35 heavy (non-hydrogen) atoms. The molecule has 1 aliphatic heterocycles. The highest BCUT2D eigenvalue weighted by Gasteiger charge is 2.53. The third-order valence-corrected chi connectivity index (χ3v) is 7.91. The van der Waals surface area contributed by atoms with Gasteiger partial charge >= 0.3 is 0 Å². The molecule has 4 nitrogen and oxygen atoms in total. The monoisotopic (exact) mass is 465 g/mol. The summed E-state index contributed by atoms with van der Waals surface area (Å²) in [5, 5.41) is 10.1. The lowest BCUT2D eigenvalue weighted by atomic mass is 9.71. The average molecular weight is 466 g/mol. The smallest absolute Gasteiger partial charge is 0.178 e. The fourth-order valence-electron chi connectivity index (χ4n) is 6.06. The fraction of sp³-hybridized carbons (Fsp3) is 0.323. The first-order valence-corrected chi connectivity index (χ1v) is 12.7. The number of carbonyl (C=O) groups is 1. The van der Waals surface area contributed by atoms with Gasteiger partial charge in [0.15, 0.2) is 5.78 Å². The number of fused-ring (bicyclic) bond motifs is 3. The lowest BCUT2D eigenvalue weighted by Crippen LogP contribution is -2.33. The van der Waals surface area contributed by atoms with E-state index < -0.39 is 5.41 Å². The second-order valence-corrected chi connectivity index (χ2v) is 10.2. The molecule has 1 N–H and O–H groups in total. The van der Waals surface area contributed by atoms with Crippen LogP contribution in [0.2, 0.25) is 0 Å². The van der Waals surface area contributed by atoms with Gasteiger partial charge in [-0.3, -0.25) is 9.69 Å². The normalized spacial score (nSPS) is 21.2. The summed E-state index contributed by atoms with van der Waals surface area (Å²) in [5.41, 5.74) is 6.16. The standard InChI is InChI=1S/C31H31NO3/c1-21-5-7-22(8-6-21)29-18-24-17-25(33)10-12-28(24)31(29)20-23-9-11-26(19-27(23)30(31)34)35-16-15-32-13-3-2-4-14-32/h5-12,17-19,33H,2-4,13-16,20H2,1H3. The third-order valence-electron chi connectivity index (χ3n) is 7.91. The quantitative estimate of drug-likeness (QED) is 0.518. The fourth-order valence-corrected chi connectivity index (χ4v) is 6.06. The van der Waals surface area contributed by atoms with Gasteiger partial charge in [0.05, 0.1) is 5.41 Å². The molecule has 6 rings (SSSR count). The molecule has 2 aliphatic carbocycles. The number of Topliss-reactive ketones (excluding diaryl/α,β-unsaturated/α-hetero) is 1. The molecule has 3 aromatic carbocycles. The molecular formula is C31H31NO3. The second kappa shape index (κ2) is 8.69. The maximum Gasteiger partial charge on any atom is 0.178 e. The van der Waals surface area contributed by atoms with E-state index in [9.17, 15) is 9.90 Å². The molecule has 0 saturated carbocycles. The maximum atomic E-state index is 14.2. The van der Waals surface area contributed by atoms with E-state index in [1.807, 2.05) is 18.2 Å². The van der Waals surface area contributed by atoms with E-state index in [-0.39, 0.29) is 11.5 Å². The first-order valence-electron chi connectivity index (χ1n) is 12.7. The van der Waals surface area contributed by atoms with Crippen molar-refractivity contribution >= 4 is 17.4 Å². The molecule has 0 amide bonds. The van der Waals surface area contributed by atoms with Crippen molar-refractivity contribution in [2.24, 2.45) is 0 Å². The van der Waals surface area contributed by atoms with E-state index in [2.05, 4.69) is 48.2 Å². The Morgan fingerprint density at radius 1 is 0.971 bits per heavy atom. The van der Waals surface area contributed by atoms with E-state index in [1.54, 1.807) is 12.1 Å². The molecule has 1 atom stereocenters. The number of ether oxygens (including phenoxy) is 1. The van der Waals surface area contributed by atoms with Crippen molar-refractivity contribution in [1.82, 2.24) is 4.90 Å². The van der Waals surface area contributed by atoms with Crippen LogP contribution in [0.5, 0.6) is 11.5 Å². The van der Waals surface area contributed by atoms with Gasteiger partial charge in [0.1, 0.15) is 18.1 Å². The number of phenolic OH excluding ortho intramolecular Hbond substituents is 1. The Morgan fingerprint density at radius 2 is 1.77 bits per heavy atom. The average Bonchev–Trinajstić information content (AvgIpc) is 3.34. The molecule has 3 aromatic rings. The van der Waals surface area contributed by atoms with Gasteiger partial charge in [-0.05, 0) is 97.4 Å². The predicted molar refractivity (Wildman–Crippen MR) is 139 cm³/mol. The van der Waals surface area contributed by atoms with Crippen LogP contribution in [-0.4, -0.2) is 42.0 Å². The molecule has 1 saturated heterocycles. The Bertz CT molecular complexity index is 1320. The highest BCUT2D eigenvalue weighted by Crippen LogP contribution is 2.55. The SMILES string of the molecule is Cc1ccc(C2=Cc3cc(O)ccc3C23Cc2ccc(OCCN4CCCCC4)cc2C3=O)cc1. The van der Waals surface area contributed by atoms with Crippen LogP contribution < -0.4 is 4.74 Å². The molecule has 4 heteroatoms. The Morgan fingerprint density at radius 3 is 2.57 bits per heavy atom. The number of ketones is 1. The van der Waals surface area contributed by atoms with E-state index in [0.717, 1.165) is 58.8 Å². The Labute approximate surface area is 206 Å². The number of aryl methyl sites for hydroxylation is 1. The summed E-state index contributed by atoms with van der Waals surface area (Å²) in [6.07, 6.45) is 6.57. The van der Waals surface area contributed by atoms with Gasteiger partial charge in [-0.1, -0.05) is 48.4 Å². The van der Waals surface area contributed by atoms with Gasteiger partial charge in [-0.15, -0.1) is 0 Å². The van der Waals surface area contributed by atoms with Gasteiger partial charge < -0.3 is 9.84 Å². The highest BCUT2D eigenvalue weighted by molar-refractivity contribution is 6.20. The van der Waals surface area contributed by atoms with Gasteiger partial charge in [0, 0.05) is 12.1 Å². The molecule has 1 spiro atoms. The van der Waals surface area contributed by atoms with Crippen molar-refractivity contribution in [2.75, 3.05) is 26.2 Å². The summed E-state index contributed by atoms with van der Waals surface area (Å²) >= 11 is 0. The lowest BCUT2D eigenvalue weighted by Gasteiger charge is -2.28. The Hall–Kier alpha value is -3.37. The summed E-state index contributed by atoms with van der Waals surface area (Å²) in [6.45, 7) is 5.93. The minimum absolute atomic E-state index is 0.116. The molecule has 1 fully saturated rings. The number of nitrogens with zero attached hydrogens (tertiary/aromatic N) is 1. The lowest BCUT2D eigenvalue weighted by molar-refractivity contribution is 0.0940. The summed E-state index contributed by atoms with van der Waals surface area (Å²) in [5.74, 6) is 1.09. The predicted octanol–water partition coefficient (Wildman–Crippen LogP) is 5.80. The number of hydrogen-bond donors (Lipinski definition) is 1. The number of benzene rings is 3. The number of likely N-dealkylation sites (tertiary alicyclic amines) is 1. The molecule has 0 radical (unpaired) electrons. The van der Waals surface area contributed by atoms with Crippen LogP contribution in [0, 0.1) is 6.92 Å². The Kier molecular flexibility index (Phi) is 5.49. The Balaban J connectivity index is 1.32. The molecule has 3 aliphatic rings. The van der Waals surface area contributed by atoms with Crippen molar-refractivity contribution in [3.05, 3.63) is 94.0 Å². The van der Waals surface area contributed by atoms with E-state index >= 15 is 0 Å². The minimum atomic E-state index is -0.771. The van der Waals surface area contributed by atoms with Crippen LogP contribution in [0.4, 0.5) is 0 Å². The summed E-state index contributed by atoms with van der Waals surface area (Å²) in [7, 11) is 0. The summed E-state index contributed by atoms with van der Waals surface area (Å²) in [4.78, 5) is 16.7. The number of aromatic hydroxyl groups is 1. The van der Waals surface area contributed by atoms with Crippen LogP contribution in [0.15, 0.2) is 60.7 Å². The number of piperidine rings is 1. The van der Waals surface area contributed by atoms with E-state index in [1.165, 1.54) is 24.8 Å². The molecule has 1 heterocycles. The largest absolute Gasteiger partial charge is 0.508 e. The third kappa shape index (κ3) is 3.77. The van der Waals surface area contributed by atoms with E-state index in [4.69, 9.17) is 4.74 Å². The number of allylic oxidation sites excluding steroid dienone is 1. The zero-order valence-corrected chi connectivity index (χ0v) is 20.2. The molecule has 178 valence electrons. The van der Waals surface area contributed by atoms with Gasteiger partial charge in [0.25, 0.3) is 0 Å². The first-order chi connectivity index (χ1) is 17.0. The number of hydrogen-bond acceptors (Lipinski definition) is 4. The van der Waals surface area contributed by atoms with Gasteiger partial charge in [-0.25, -0.2) is 0 Å². The zero-order chi connectivity index (χ0) is 24.0. The maximum absolute atomic E-state index is 14.2. The number of carbonyl (C=O) groups excluding carboxylic acids is 1. The number of phenols is 1. The van der Waals surface area contributed by atoms with Crippen molar-refractivity contribution in [1.29, 1.82) is 0 Å². The van der Waals surface area contributed by atoms with Crippen molar-refractivity contribution in [3.63, 3.8) is 0 Å². The molecule has 1 unspecified atom stereocenters. The van der Waals surface area contributed by atoms with E-state index in [0.29, 0.717) is 13.0 Å². The molecular weight excluding hydrogens is 434 g/mol. The van der Waals surface area contributed by atoms with Crippen LogP contribution >= 0.6 is 0 Å². The molecule has 0 bridgehead atoms. The molecule has 0 aromatic heterocycles. The van der Waals surface area contributed by atoms with Crippen molar-refractivity contribution in [3.8, 4) is 11.5 Å².